The van der Waals surface area contributed by atoms with Gasteiger partial charge >= 0.3 is 5.97 Å². The Bertz CT molecular complexity index is 714. The lowest BCUT2D eigenvalue weighted by Crippen LogP contribution is -2.59. The van der Waals surface area contributed by atoms with Crippen LogP contribution in [0.4, 0.5) is 0 Å². The van der Waals surface area contributed by atoms with Crippen molar-refractivity contribution >= 4 is 17.5 Å². The van der Waals surface area contributed by atoms with Crippen LogP contribution in [0.1, 0.15) is 91.9 Å². The van der Waals surface area contributed by atoms with Gasteiger partial charge in [0.25, 0.3) is 0 Å². The van der Waals surface area contributed by atoms with Crippen LogP contribution in [0.15, 0.2) is 0 Å². The van der Waals surface area contributed by atoms with Gasteiger partial charge in [0.1, 0.15) is 11.6 Å². The summed E-state index contributed by atoms with van der Waals surface area (Å²) in [5.74, 6) is 2.29. The zero-order valence-electron chi connectivity index (χ0n) is 19.4. The van der Waals surface area contributed by atoms with E-state index in [-0.39, 0.29) is 35.1 Å². The second-order valence-corrected chi connectivity index (χ2v) is 11.3. The van der Waals surface area contributed by atoms with E-state index >= 15 is 0 Å². The maximum Gasteiger partial charge on any atom is 0.305 e. The number of fused-ring (bicyclic) bond motifs is 5. The molecule has 0 bridgehead atoms. The van der Waals surface area contributed by atoms with Crippen molar-refractivity contribution in [1.82, 2.24) is 0 Å². The number of carbonyl (C=O) groups is 3. The van der Waals surface area contributed by atoms with Crippen LogP contribution >= 0.6 is 0 Å². The average Bonchev–Trinajstić information content (AvgIpc) is 3.06. The van der Waals surface area contributed by atoms with Crippen molar-refractivity contribution in [2.24, 2.45) is 46.3 Å². The minimum Gasteiger partial charge on any atom is -0.466 e. The van der Waals surface area contributed by atoms with Crippen LogP contribution < -0.4 is 0 Å². The van der Waals surface area contributed by atoms with E-state index in [0.717, 1.165) is 32.1 Å². The zero-order valence-corrected chi connectivity index (χ0v) is 19.4. The van der Waals surface area contributed by atoms with E-state index < -0.39 is 5.41 Å². The monoisotopic (exact) mass is 416 g/mol. The van der Waals surface area contributed by atoms with Gasteiger partial charge < -0.3 is 4.74 Å². The Morgan fingerprint density at radius 2 is 1.87 bits per heavy atom. The van der Waals surface area contributed by atoms with E-state index in [2.05, 4.69) is 20.8 Å². The summed E-state index contributed by atoms with van der Waals surface area (Å²) in [6.45, 7) is 9.00. The fourth-order valence-corrected chi connectivity index (χ4v) is 8.41. The molecule has 0 heterocycles. The minimum atomic E-state index is -0.400. The highest BCUT2D eigenvalue weighted by molar-refractivity contribution is 5.92. The Labute approximate surface area is 181 Å². The third-order valence-corrected chi connectivity index (χ3v) is 10.1. The van der Waals surface area contributed by atoms with Crippen LogP contribution in [-0.4, -0.2) is 24.1 Å². The lowest BCUT2D eigenvalue weighted by atomic mass is 9.44. The molecule has 168 valence electrons. The SMILES string of the molecule is CCOC(=O)CC[C@@H](C)[C@@H]1CC[C@@H]2[C@H]3C(=O)C[C@H]4CCCC[C@]4(C)[C@@H]3CC(=O)[C@]21C. The molecule has 8 atom stereocenters. The molecule has 4 nitrogen and oxygen atoms in total. The molecule has 0 saturated heterocycles. The molecule has 4 heteroatoms. The molecule has 0 spiro atoms. The van der Waals surface area contributed by atoms with Crippen LogP contribution in [0.25, 0.3) is 0 Å². The van der Waals surface area contributed by atoms with Crippen molar-refractivity contribution in [2.45, 2.75) is 91.9 Å². The van der Waals surface area contributed by atoms with Gasteiger partial charge in [-0.05, 0) is 74.0 Å². The standard InChI is InChI=1S/C26H40O4/c1-5-30-23(29)12-9-16(2)18-10-11-19-24-20(15-22(28)26(18,19)4)25(3)13-7-6-8-17(25)14-21(24)27/h16-20,24H,5-15H2,1-4H3/t16-,17-,18+,19-,20-,24-,25+,26+/m1/s1. The molecule has 4 rings (SSSR count). The number of carbonyl (C=O) groups excluding carboxylic acids is 3. The van der Waals surface area contributed by atoms with Crippen LogP contribution in [0.3, 0.4) is 0 Å². The van der Waals surface area contributed by atoms with Gasteiger partial charge in [-0.2, -0.15) is 0 Å². The second kappa shape index (κ2) is 8.06. The van der Waals surface area contributed by atoms with E-state index in [9.17, 15) is 14.4 Å². The number of hydrogen-bond donors (Lipinski definition) is 0. The van der Waals surface area contributed by atoms with Crippen molar-refractivity contribution in [3.63, 3.8) is 0 Å². The van der Waals surface area contributed by atoms with Crippen molar-refractivity contribution in [1.29, 1.82) is 0 Å². The molecular formula is C26H40O4. The third kappa shape index (κ3) is 3.28. The largest absolute Gasteiger partial charge is 0.466 e. The van der Waals surface area contributed by atoms with Gasteiger partial charge in [0.2, 0.25) is 0 Å². The fraction of sp³-hybridized carbons (Fsp3) is 0.885. The second-order valence-electron chi connectivity index (χ2n) is 11.3. The summed E-state index contributed by atoms with van der Waals surface area (Å²) in [7, 11) is 0. The number of rotatable bonds is 5. The normalized spacial score (nSPS) is 44.1. The van der Waals surface area contributed by atoms with Crippen LogP contribution in [-0.2, 0) is 19.1 Å². The maximum atomic E-state index is 13.7. The number of esters is 1. The average molecular weight is 417 g/mol. The smallest absolute Gasteiger partial charge is 0.305 e. The van der Waals surface area contributed by atoms with Gasteiger partial charge in [0, 0.05) is 30.6 Å². The molecule has 4 fully saturated rings. The highest BCUT2D eigenvalue weighted by atomic mass is 16.5. The summed E-state index contributed by atoms with van der Waals surface area (Å²) in [5, 5.41) is 0. The predicted octanol–water partition coefficient (Wildman–Crippen LogP) is 5.37. The molecule has 0 amide bonds. The Hall–Kier alpha value is -1.19. The topological polar surface area (TPSA) is 60.4 Å². The maximum absolute atomic E-state index is 13.7. The molecule has 0 aromatic heterocycles. The first-order valence-electron chi connectivity index (χ1n) is 12.4. The lowest BCUT2D eigenvalue weighted by Gasteiger charge is -2.59. The first-order valence-corrected chi connectivity index (χ1v) is 12.4. The highest BCUT2D eigenvalue weighted by Gasteiger charge is 2.65. The first kappa shape index (κ1) is 22.0. The van der Waals surface area contributed by atoms with Gasteiger partial charge in [0.15, 0.2) is 0 Å². The Morgan fingerprint density at radius 3 is 2.60 bits per heavy atom. The Morgan fingerprint density at radius 1 is 1.10 bits per heavy atom. The molecule has 0 aromatic carbocycles. The van der Waals surface area contributed by atoms with E-state index in [1.807, 2.05) is 6.92 Å². The third-order valence-electron chi connectivity index (χ3n) is 10.1. The van der Waals surface area contributed by atoms with Crippen molar-refractivity contribution in [3.8, 4) is 0 Å². The van der Waals surface area contributed by atoms with Crippen LogP contribution in [0.5, 0.6) is 0 Å². The summed E-state index contributed by atoms with van der Waals surface area (Å²) in [5.41, 5.74) is -0.232. The predicted molar refractivity (Wildman–Crippen MR) is 116 cm³/mol. The molecule has 0 aliphatic heterocycles. The number of Topliss-reactive ketones (excluding diaryl/α,β-unsaturated/α-hetero) is 2. The van der Waals surface area contributed by atoms with Gasteiger partial charge in [-0.15, -0.1) is 0 Å². The highest BCUT2D eigenvalue weighted by Crippen LogP contribution is 2.66. The fourth-order valence-electron chi connectivity index (χ4n) is 8.41. The van der Waals surface area contributed by atoms with Crippen LogP contribution in [0, 0.1) is 46.3 Å². The van der Waals surface area contributed by atoms with Gasteiger partial charge in [-0.3, -0.25) is 14.4 Å². The Kier molecular flexibility index (Phi) is 5.91. The summed E-state index contributed by atoms with van der Waals surface area (Å²) in [4.78, 5) is 39.0. The van der Waals surface area contributed by atoms with Crippen molar-refractivity contribution in [3.05, 3.63) is 0 Å². The van der Waals surface area contributed by atoms with E-state index in [0.29, 0.717) is 42.9 Å². The van der Waals surface area contributed by atoms with Gasteiger partial charge in [-0.25, -0.2) is 0 Å². The summed E-state index contributed by atoms with van der Waals surface area (Å²) < 4.78 is 5.10. The molecular weight excluding hydrogens is 376 g/mol. The summed E-state index contributed by atoms with van der Waals surface area (Å²) >= 11 is 0. The lowest BCUT2D eigenvalue weighted by molar-refractivity contribution is -0.165. The van der Waals surface area contributed by atoms with Gasteiger partial charge in [0.05, 0.1) is 6.61 Å². The van der Waals surface area contributed by atoms with E-state index in [1.165, 1.54) is 19.3 Å². The van der Waals surface area contributed by atoms with Crippen molar-refractivity contribution < 1.29 is 19.1 Å². The summed E-state index contributed by atoms with van der Waals surface area (Å²) in [6.07, 6.45) is 9.34. The van der Waals surface area contributed by atoms with E-state index in [1.54, 1.807) is 0 Å². The molecule has 0 unspecified atom stereocenters. The summed E-state index contributed by atoms with van der Waals surface area (Å²) in [6, 6.07) is 0. The number of ketones is 2. The first-order chi connectivity index (χ1) is 14.2. The molecule has 30 heavy (non-hydrogen) atoms. The molecule has 0 N–H and O–H groups in total. The number of hydrogen-bond acceptors (Lipinski definition) is 4. The zero-order chi connectivity index (χ0) is 21.7. The molecule has 4 aliphatic carbocycles. The molecule has 4 aliphatic rings. The van der Waals surface area contributed by atoms with E-state index in [4.69, 9.17) is 4.74 Å². The Balaban J connectivity index is 1.56. The van der Waals surface area contributed by atoms with Crippen LogP contribution in [0.2, 0.25) is 0 Å². The molecule has 4 saturated carbocycles. The molecule has 0 aromatic rings. The number of ether oxygens (including phenoxy) is 1. The van der Waals surface area contributed by atoms with Gasteiger partial charge in [-0.1, -0.05) is 33.6 Å². The van der Waals surface area contributed by atoms with Crippen molar-refractivity contribution in [2.75, 3.05) is 6.61 Å². The minimum absolute atomic E-state index is 0.0781. The quantitative estimate of drug-likeness (QED) is 0.565. The molecule has 0 radical (unpaired) electrons.